The van der Waals surface area contributed by atoms with Crippen LogP contribution < -0.4 is 5.32 Å². The summed E-state index contributed by atoms with van der Waals surface area (Å²) >= 11 is 1.77. The van der Waals surface area contributed by atoms with Crippen LogP contribution in [0.1, 0.15) is 56.1 Å². The summed E-state index contributed by atoms with van der Waals surface area (Å²) in [4.78, 5) is 40.0. The minimum atomic E-state index is -0.618. The van der Waals surface area contributed by atoms with Crippen LogP contribution in [0.5, 0.6) is 0 Å². The smallest absolute Gasteiger partial charge is 0.313 e. The first-order valence-electron chi connectivity index (χ1n) is 13.6. The number of benzene rings is 1. The number of hydrogen-bond acceptors (Lipinski definition) is 6. The van der Waals surface area contributed by atoms with E-state index in [2.05, 4.69) is 47.2 Å². The number of anilines is 1. The third-order valence-corrected chi connectivity index (χ3v) is 9.06. The molecule has 5 heterocycles. The van der Waals surface area contributed by atoms with Crippen LogP contribution in [0.15, 0.2) is 48.9 Å². The minimum absolute atomic E-state index is 0.141. The average Bonchev–Trinajstić information content (AvgIpc) is 3.68. The Labute approximate surface area is 226 Å². The van der Waals surface area contributed by atoms with Crippen LogP contribution in [0.2, 0.25) is 0 Å². The van der Waals surface area contributed by atoms with Gasteiger partial charge in [-0.15, -0.1) is 11.3 Å². The van der Waals surface area contributed by atoms with Crippen molar-refractivity contribution >= 4 is 44.7 Å². The molecular formula is C29H34N6O2S. The molecule has 0 bridgehead atoms. The maximum absolute atomic E-state index is 13.4. The maximum atomic E-state index is 13.4. The number of rotatable bonds is 5. The lowest BCUT2D eigenvalue weighted by Crippen LogP contribution is -2.46. The fourth-order valence-corrected chi connectivity index (χ4v) is 6.95. The van der Waals surface area contributed by atoms with E-state index >= 15 is 0 Å². The number of nitrogens with one attached hydrogen (secondary N) is 1. The number of hydrogen-bond donors (Lipinski definition) is 1. The number of piperidine rings is 1. The molecular weight excluding hydrogens is 496 g/mol. The Bertz CT molecular complexity index is 1470. The molecule has 2 fully saturated rings. The molecule has 1 N–H and O–H groups in total. The van der Waals surface area contributed by atoms with Crippen molar-refractivity contribution in [2.75, 3.05) is 25.0 Å². The average molecular weight is 531 g/mol. The highest BCUT2D eigenvalue weighted by Crippen LogP contribution is 2.36. The number of pyridine rings is 1. The number of imidazole rings is 1. The Balaban J connectivity index is 1.20. The second-order valence-electron chi connectivity index (χ2n) is 10.8. The van der Waals surface area contributed by atoms with Crippen molar-refractivity contribution in [3.05, 3.63) is 59.5 Å². The Morgan fingerprint density at radius 3 is 2.82 bits per heavy atom. The second-order valence-corrected chi connectivity index (χ2v) is 12.0. The molecule has 1 aromatic carbocycles. The number of likely N-dealkylation sites (tertiary alicyclic amines) is 2. The number of fused-ring (bicyclic) bond motifs is 2. The van der Waals surface area contributed by atoms with E-state index in [-0.39, 0.29) is 6.04 Å². The van der Waals surface area contributed by atoms with Gasteiger partial charge in [0.25, 0.3) is 0 Å². The predicted octanol–water partition coefficient (Wildman–Crippen LogP) is 4.91. The first-order chi connectivity index (χ1) is 18.4. The summed E-state index contributed by atoms with van der Waals surface area (Å²) < 4.78 is 3.03. The molecule has 2 amide bonds. The van der Waals surface area contributed by atoms with Gasteiger partial charge in [-0.3, -0.25) is 9.59 Å². The molecule has 1 unspecified atom stereocenters. The molecule has 38 heavy (non-hydrogen) atoms. The lowest BCUT2D eigenvalue weighted by atomic mass is 9.89. The topological polar surface area (TPSA) is 82.8 Å². The Hall–Kier alpha value is -3.30. The normalized spacial score (nSPS) is 21.3. The van der Waals surface area contributed by atoms with Crippen molar-refractivity contribution in [1.82, 2.24) is 24.2 Å². The summed E-state index contributed by atoms with van der Waals surface area (Å²) in [6, 6.07) is 10.3. The highest BCUT2D eigenvalue weighted by molar-refractivity contribution is 7.18. The highest BCUT2D eigenvalue weighted by Gasteiger charge is 2.34. The zero-order valence-corrected chi connectivity index (χ0v) is 22.8. The zero-order valence-electron chi connectivity index (χ0n) is 22.0. The van der Waals surface area contributed by atoms with E-state index in [4.69, 9.17) is 4.98 Å². The number of amides is 2. The summed E-state index contributed by atoms with van der Waals surface area (Å²) in [5, 5.41) is 3.95. The zero-order chi connectivity index (χ0) is 26.2. The first-order valence-corrected chi connectivity index (χ1v) is 14.4. The summed E-state index contributed by atoms with van der Waals surface area (Å²) in [7, 11) is 0. The molecule has 198 valence electrons. The van der Waals surface area contributed by atoms with Crippen LogP contribution in [0.3, 0.4) is 0 Å². The van der Waals surface area contributed by atoms with Gasteiger partial charge in [0.15, 0.2) is 0 Å². The molecule has 0 saturated carbocycles. The molecule has 6 rings (SSSR count). The fraction of sp³-hybridized carbons (Fsp3) is 0.448. The Morgan fingerprint density at radius 1 is 1.13 bits per heavy atom. The summed E-state index contributed by atoms with van der Waals surface area (Å²) in [6.45, 7) is 7.37. The molecule has 0 aliphatic carbocycles. The highest BCUT2D eigenvalue weighted by atomic mass is 32.1. The second kappa shape index (κ2) is 10.5. The number of carbonyl (C=O) groups excluding carboxylic acids is 2. The molecule has 2 saturated heterocycles. The summed E-state index contributed by atoms with van der Waals surface area (Å²) in [5.41, 5.74) is 3.31. The number of nitrogens with zero attached hydrogens (tertiary/aromatic N) is 5. The largest absolute Gasteiger partial charge is 0.327 e. The number of carbonyl (C=O) groups is 2. The fourth-order valence-electron chi connectivity index (χ4n) is 5.88. The van der Waals surface area contributed by atoms with E-state index in [1.807, 2.05) is 16.8 Å². The first kappa shape index (κ1) is 25.0. The van der Waals surface area contributed by atoms with Gasteiger partial charge < -0.3 is 19.5 Å². The van der Waals surface area contributed by atoms with Gasteiger partial charge in [-0.1, -0.05) is 13.0 Å². The molecule has 3 atom stereocenters. The van der Waals surface area contributed by atoms with Crippen molar-refractivity contribution in [1.29, 1.82) is 0 Å². The van der Waals surface area contributed by atoms with Gasteiger partial charge in [0, 0.05) is 49.4 Å². The van der Waals surface area contributed by atoms with Gasteiger partial charge in [-0.2, -0.15) is 0 Å². The number of thiazole rings is 1. The van der Waals surface area contributed by atoms with Crippen molar-refractivity contribution in [3.63, 3.8) is 0 Å². The van der Waals surface area contributed by atoms with E-state index in [0.29, 0.717) is 29.8 Å². The van der Waals surface area contributed by atoms with E-state index < -0.39 is 11.8 Å². The van der Waals surface area contributed by atoms with Gasteiger partial charge in [-0.05, 0) is 75.4 Å². The van der Waals surface area contributed by atoms with E-state index in [9.17, 15) is 9.59 Å². The molecule has 0 spiro atoms. The van der Waals surface area contributed by atoms with E-state index in [1.165, 1.54) is 30.6 Å². The van der Waals surface area contributed by atoms with E-state index in [1.54, 1.807) is 34.6 Å². The van der Waals surface area contributed by atoms with E-state index in [0.717, 1.165) is 35.4 Å². The molecule has 4 aromatic rings. The molecule has 9 heteroatoms. The van der Waals surface area contributed by atoms with Crippen LogP contribution in [0, 0.1) is 5.92 Å². The van der Waals surface area contributed by atoms with Gasteiger partial charge in [-0.25, -0.2) is 9.97 Å². The molecule has 0 radical (unpaired) electrons. The Kier molecular flexibility index (Phi) is 6.88. The van der Waals surface area contributed by atoms with Crippen molar-refractivity contribution in [2.24, 2.45) is 5.92 Å². The van der Waals surface area contributed by atoms with Gasteiger partial charge >= 0.3 is 11.8 Å². The van der Waals surface area contributed by atoms with Crippen LogP contribution in [-0.4, -0.2) is 61.7 Å². The number of aromatic nitrogens is 3. The summed E-state index contributed by atoms with van der Waals surface area (Å²) in [6.07, 6.45) is 10.7. The third-order valence-electron chi connectivity index (χ3n) is 8.00. The lowest BCUT2D eigenvalue weighted by Gasteiger charge is -2.38. The minimum Gasteiger partial charge on any atom is -0.327 e. The lowest BCUT2D eigenvalue weighted by molar-refractivity contribution is -0.146. The monoisotopic (exact) mass is 530 g/mol. The van der Waals surface area contributed by atoms with Crippen LogP contribution in [-0.2, 0) is 16.0 Å². The third kappa shape index (κ3) is 5.05. The molecule has 2 aliphatic heterocycles. The van der Waals surface area contributed by atoms with Gasteiger partial charge in [0.1, 0.15) is 5.65 Å². The molecule has 8 nitrogen and oxygen atoms in total. The molecule has 3 aromatic heterocycles. The van der Waals surface area contributed by atoms with Crippen molar-refractivity contribution in [3.8, 4) is 0 Å². The standard InChI is InChI=1S/C29H34N6O2S/c1-19-5-7-24(35(18-19)29(37)28(36)31-22-9-13-34-14-10-30-26(34)17-22)21-6-8-25-23(16-21)32-27(38-25)15-20(2)33-11-3-4-12-33/h6,8-10,13-14,16-17,19-20,24H,3-5,7,11-12,15,18H2,1-2H3,(H,31,36)/t19-,20?,24+/m0/s1. The van der Waals surface area contributed by atoms with Gasteiger partial charge in [0.2, 0.25) is 0 Å². The maximum Gasteiger partial charge on any atom is 0.313 e. The SMILES string of the molecule is CC(Cc1nc2cc([C@H]3CC[C@H](C)CN3C(=O)C(=O)Nc3ccn4ccnc4c3)ccc2s1)N1CCCC1. The quantitative estimate of drug-likeness (QED) is 0.371. The Morgan fingerprint density at radius 2 is 1.97 bits per heavy atom. The van der Waals surface area contributed by atoms with Crippen molar-refractivity contribution < 1.29 is 9.59 Å². The predicted molar refractivity (Wildman–Crippen MR) is 150 cm³/mol. The van der Waals surface area contributed by atoms with Gasteiger partial charge in [0.05, 0.1) is 21.3 Å². The summed E-state index contributed by atoms with van der Waals surface area (Å²) in [5.74, 6) is -0.776. The van der Waals surface area contributed by atoms with Crippen LogP contribution in [0.25, 0.3) is 15.9 Å². The van der Waals surface area contributed by atoms with Crippen LogP contribution in [0.4, 0.5) is 5.69 Å². The van der Waals surface area contributed by atoms with Crippen molar-refractivity contribution in [2.45, 2.75) is 58.0 Å². The molecule has 2 aliphatic rings. The van der Waals surface area contributed by atoms with Crippen LogP contribution >= 0.6 is 11.3 Å².